The normalized spacial score (nSPS) is 22.8. The van der Waals surface area contributed by atoms with Gasteiger partial charge in [-0.2, -0.15) is 0 Å². The molecule has 2 amide bonds. The molecular formula is C16H23N3O2. The molecule has 0 bridgehead atoms. The fourth-order valence-electron chi connectivity index (χ4n) is 3.04. The second-order valence-corrected chi connectivity index (χ2v) is 6.13. The number of benzene rings is 1. The molecule has 0 spiro atoms. The molecule has 1 aliphatic rings. The molecule has 0 radical (unpaired) electrons. The Labute approximate surface area is 125 Å². The standard InChI is InChI=1S/C16H23N3O2/c1-11-7-12(2)9-19(8-11)10-15(20)18-14-5-3-13(4-6-14)16(17)21/h3-6,11-12H,7-10H2,1-2H3,(H2,17,21)(H,18,20)/t11-,12-/m0/s1. The van der Waals surface area contributed by atoms with Crippen molar-refractivity contribution in [2.75, 3.05) is 25.0 Å². The fraction of sp³-hybridized carbons (Fsp3) is 0.500. The third-order valence-corrected chi connectivity index (χ3v) is 3.76. The molecule has 1 aromatic rings. The van der Waals surface area contributed by atoms with Crippen molar-refractivity contribution in [1.82, 2.24) is 4.90 Å². The van der Waals surface area contributed by atoms with Gasteiger partial charge in [0.2, 0.25) is 11.8 Å². The van der Waals surface area contributed by atoms with Crippen molar-refractivity contribution >= 4 is 17.5 Å². The SMILES string of the molecule is C[C@H]1C[C@H](C)CN(CC(=O)Nc2ccc(C(N)=O)cc2)C1. The van der Waals surface area contributed by atoms with Crippen molar-refractivity contribution in [2.45, 2.75) is 20.3 Å². The van der Waals surface area contributed by atoms with E-state index in [-0.39, 0.29) is 5.91 Å². The number of nitrogens with two attached hydrogens (primary N) is 1. The lowest BCUT2D eigenvalue weighted by Crippen LogP contribution is -2.42. The van der Waals surface area contributed by atoms with Gasteiger partial charge >= 0.3 is 0 Å². The van der Waals surface area contributed by atoms with Gasteiger partial charge in [0.1, 0.15) is 0 Å². The summed E-state index contributed by atoms with van der Waals surface area (Å²) in [6.07, 6.45) is 1.23. The van der Waals surface area contributed by atoms with Crippen LogP contribution in [-0.4, -0.2) is 36.3 Å². The van der Waals surface area contributed by atoms with Crippen LogP contribution in [0.25, 0.3) is 0 Å². The van der Waals surface area contributed by atoms with Crippen LogP contribution < -0.4 is 11.1 Å². The lowest BCUT2D eigenvalue weighted by molar-refractivity contribution is -0.117. The first-order valence-corrected chi connectivity index (χ1v) is 7.36. The maximum Gasteiger partial charge on any atom is 0.248 e. The highest BCUT2D eigenvalue weighted by atomic mass is 16.2. The number of nitrogens with one attached hydrogen (secondary N) is 1. The van der Waals surface area contributed by atoms with Crippen molar-refractivity contribution in [1.29, 1.82) is 0 Å². The van der Waals surface area contributed by atoms with Gasteiger partial charge in [0.15, 0.2) is 0 Å². The lowest BCUT2D eigenvalue weighted by atomic mass is 9.92. The van der Waals surface area contributed by atoms with Crippen LogP contribution in [0.3, 0.4) is 0 Å². The summed E-state index contributed by atoms with van der Waals surface area (Å²) in [7, 11) is 0. The molecule has 0 aliphatic carbocycles. The molecule has 0 aromatic heterocycles. The molecule has 5 nitrogen and oxygen atoms in total. The third-order valence-electron chi connectivity index (χ3n) is 3.76. The van der Waals surface area contributed by atoms with E-state index in [1.54, 1.807) is 24.3 Å². The molecule has 1 saturated heterocycles. The minimum absolute atomic E-state index is 0.0249. The number of rotatable bonds is 4. The zero-order valence-corrected chi connectivity index (χ0v) is 12.6. The van der Waals surface area contributed by atoms with Gasteiger partial charge in [0.05, 0.1) is 6.54 Å². The molecule has 2 atom stereocenters. The molecule has 0 saturated carbocycles. The van der Waals surface area contributed by atoms with Crippen LogP contribution in [0.1, 0.15) is 30.6 Å². The van der Waals surface area contributed by atoms with E-state index in [0.29, 0.717) is 29.6 Å². The van der Waals surface area contributed by atoms with Crippen LogP contribution >= 0.6 is 0 Å². The Bertz CT molecular complexity index is 503. The molecule has 5 heteroatoms. The minimum Gasteiger partial charge on any atom is -0.366 e. The maximum atomic E-state index is 12.1. The summed E-state index contributed by atoms with van der Waals surface area (Å²) >= 11 is 0. The highest BCUT2D eigenvalue weighted by molar-refractivity contribution is 5.95. The van der Waals surface area contributed by atoms with Gasteiger partial charge in [-0.1, -0.05) is 13.8 Å². The number of anilines is 1. The monoisotopic (exact) mass is 289 g/mol. The first-order valence-electron chi connectivity index (χ1n) is 7.36. The third kappa shape index (κ3) is 4.56. The summed E-state index contributed by atoms with van der Waals surface area (Å²) in [6, 6.07) is 6.62. The van der Waals surface area contributed by atoms with Crippen LogP contribution in [0.4, 0.5) is 5.69 Å². The van der Waals surface area contributed by atoms with Crippen molar-refractivity contribution in [3.63, 3.8) is 0 Å². The van der Waals surface area contributed by atoms with Gasteiger partial charge in [0, 0.05) is 24.3 Å². The number of nitrogens with zero attached hydrogens (tertiary/aromatic N) is 1. The second kappa shape index (κ2) is 6.72. The Kier molecular flexibility index (Phi) is 4.96. The van der Waals surface area contributed by atoms with Gasteiger partial charge in [0.25, 0.3) is 0 Å². The number of piperidine rings is 1. The van der Waals surface area contributed by atoms with Gasteiger partial charge in [-0.05, 0) is 42.5 Å². The fourth-order valence-corrected chi connectivity index (χ4v) is 3.04. The molecule has 114 valence electrons. The summed E-state index contributed by atoms with van der Waals surface area (Å²) in [6.45, 7) is 6.80. The average Bonchev–Trinajstić information content (AvgIpc) is 2.37. The van der Waals surface area contributed by atoms with E-state index in [1.807, 2.05) is 0 Å². The largest absolute Gasteiger partial charge is 0.366 e. The van der Waals surface area contributed by atoms with Crippen LogP contribution in [0.5, 0.6) is 0 Å². The summed E-state index contributed by atoms with van der Waals surface area (Å²) in [5.74, 6) is 0.778. The quantitative estimate of drug-likeness (QED) is 0.886. The van der Waals surface area contributed by atoms with E-state index >= 15 is 0 Å². The zero-order chi connectivity index (χ0) is 15.4. The van der Waals surface area contributed by atoms with Gasteiger partial charge < -0.3 is 11.1 Å². The van der Waals surface area contributed by atoms with Crippen molar-refractivity contribution < 1.29 is 9.59 Å². The molecule has 1 heterocycles. The van der Waals surface area contributed by atoms with E-state index in [4.69, 9.17) is 5.73 Å². The topological polar surface area (TPSA) is 75.4 Å². The van der Waals surface area contributed by atoms with E-state index in [9.17, 15) is 9.59 Å². The number of primary amides is 1. The number of carbonyl (C=O) groups is 2. The van der Waals surface area contributed by atoms with Crippen LogP contribution in [0.15, 0.2) is 24.3 Å². The summed E-state index contributed by atoms with van der Waals surface area (Å²) in [5, 5.41) is 2.85. The average molecular weight is 289 g/mol. The molecule has 0 unspecified atom stereocenters. The number of hydrogen-bond donors (Lipinski definition) is 2. The van der Waals surface area contributed by atoms with E-state index in [0.717, 1.165) is 13.1 Å². The molecular weight excluding hydrogens is 266 g/mol. The van der Waals surface area contributed by atoms with E-state index in [1.165, 1.54) is 6.42 Å². The zero-order valence-electron chi connectivity index (χ0n) is 12.6. The Morgan fingerprint density at radius 1 is 1.19 bits per heavy atom. The van der Waals surface area contributed by atoms with Crippen molar-refractivity contribution in [2.24, 2.45) is 17.6 Å². The van der Waals surface area contributed by atoms with Crippen LogP contribution in [0.2, 0.25) is 0 Å². The van der Waals surface area contributed by atoms with Gasteiger partial charge in [-0.15, -0.1) is 0 Å². The Balaban J connectivity index is 1.88. The number of amides is 2. The number of hydrogen-bond acceptors (Lipinski definition) is 3. The lowest BCUT2D eigenvalue weighted by Gasteiger charge is -2.34. The van der Waals surface area contributed by atoms with E-state index in [2.05, 4.69) is 24.1 Å². The van der Waals surface area contributed by atoms with E-state index < -0.39 is 5.91 Å². The first-order chi connectivity index (χ1) is 9.94. The minimum atomic E-state index is -0.468. The highest BCUT2D eigenvalue weighted by Gasteiger charge is 2.23. The molecule has 1 fully saturated rings. The summed E-state index contributed by atoms with van der Waals surface area (Å²) in [4.78, 5) is 25.3. The van der Waals surface area contributed by atoms with Crippen molar-refractivity contribution in [3.05, 3.63) is 29.8 Å². The molecule has 2 rings (SSSR count). The Morgan fingerprint density at radius 2 is 1.76 bits per heavy atom. The maximum absolute atomic E-state index is 12.1. The molecule has 3 N–H and O–H groups in total. The predicted molar refractivity (Wildman–Crippen MR) is 83.0 cm³/mol. The number of likely N-dealkylation sites (tertiary alicyclic amines) is 1. The predicted octanol–water partition coefficient (Wildman–Crippen LogP) is 1.70. The first kappa shape index (κ1) is 15.5. The Morgan fingerprint density at radius 3 is 2.29 bits per heavy atom. The summed E-state index contributed by atoms with van der Waals surface area (Å²) < 4.78 is 0. The molecule has 1 aliphatic heterocycles. The van der Waals surface area contributed by atoms with Crippen molar-refractivity contribution in [3.8, 4) is 0 Å². The highest BCUT2D eigenvalue weighted by Crippen LogP contribution is 2.20. The number of carbonyl (C=O) groups excluding carboxylic acids is 2. The second-order valence-electron chi connectivity index (χ2n) is 6.13. The Hall–Kier alpha value is -1.88. The summed E-state index contributed by atoms with van der Waals surface area (Å²) in [5.41, 5.74) is 6.30. The smallest absolute Gasteiger partial charge is 0.248 e. The van der Waals surface area contributed by atoms with Gasteiger partial charge in [-0.25, -0.2) is 0 Å². The molecule has 21 heavy (non-hydrogen) atoms. The van der Waals surface area contributed by atoms with Gasteiger partial charge in [-0.3, -0.25) is 14.5 Å². The van der Waals surface area contributed by atoms with Crippen LogP contribution in [0, 0.1) is 11.8 Å². The molecule has 1 aromatic carbocycles. The van der Waals surface area contributed by atoms with Crippen LogP contribution in [-0.2, 0) is 4.79 Å².